The maximum absolute atomic E-state index is 14.1. The third kappa shape index (κ3) is 3.57. The first-order valence-electron chi connectivity index (χ1n) is 11.9. The van der Waals surface area contributed by atoms with Gasteiger partial charge in [0.15, 0.2) is 11.5 Å². The van der Waals surface area contributed by atoms with E-state index >= 15 is 0 Å². The van der Waals surface area contributed by atoms with E-state index < -0.39 is 35.8 Å². The molecule has 3 aromatic rings. The summed E-state index contributed by atoms with van der Waals surface area (Å²) < 4.78 is 5.51. The molecule has 8 heteroatoms. The Kier molecular flexibility index (Phi) is 5.46. The zero-order valence-corrected chi connectivity index (χ0v) is 20.5. The summed E-state index contributed by atoms with van der Waals surface area (Å²) >= 11 is 6.02. The Morgan fingerprint density at radius 1 is 0.865 bits per heavy atom. The lowest BCUT2D eigenvalue weighted by atomic mass is 9.86. The van der Waals surface area contributed by atoms with E-state index in [9.17, 15) is 19.2 Å². The minimum Gasteiger partial charge on any atom is -0.424 e. The van der Waals surface area contributed by atoms with Crippen molar-refractivity contribution >= 4 is 52.6 Å². The van der Waals surface area contributed by atoms with Gasteiger partial charge in [0.1, 0.15) is 6.04 Å². The SMILES string of the molecule is CC(=O)Oc1cccc2c1N1[C@H](C=C2)[C@H]2C(=O)N(c3ccc(Cl)cc3)C(=O)[C@H]2[C@H]1C(=O)c1ccccc1. The van der Waals surface area contributed by atoms with Crippen molar-refractivity contribution < 1.29 is 23.9 Å². The molecule has 0 bridgehead atoms. The third-order valence-electron chi connectivity index (χ3n) is 7.15. The van der Waals surface area contributed by atoms with Crippen molar-refractivity contribution in [3.05, 3.63) is 95.0 Å². The average molecular weight is 513 g/mol. The molecule has 2 amide bonds. The number of imide groups is 1. The minimum absolute atomic E-state index is 0.277. The van der Waals surface area contributed by atoms with Crippen molar-refractivity contribution in [1.82, 2.24) is 0 Å². The van der Waals surface area contributed by atoms with Crippen LogP contribution in [0.25, 0.3) is 6.08 Å². The van der Waals surface area contributed by atoms with Crippen LogP contribution in [-0.4, -0.2) is 35.7 Å². The lowest BCUT2D eigenvalue weighted by Gasteiger charge is -2.37. The molecule has 6 rings (SSSR count). The molecule has 37 heavy (non-hydrogen) atoms. The number of para-hydroxylation sites is 1. The van der Waals surface area contributed by atoms with Gasteiger partial charge in [-0.3, -0.25) is 19.2 Å². The standard InChI is InChI=1S/C29H21ClN2O5/c1-16(33)37-22-9-5-8-17-10-15-21-23-24(29(36)31(28(23)35)20-13-11-19(30)12-14-20)26(32(21)25(17)22)27(34)18-6-3-2-4-7-18/h2-15,21,23-24,26H,1H3/t21-,23-,24-,26+/m1/s1. The van der Waals surface area contributed by atoms with Gasteiger partial charge in [-0.2, -0.15) is 0 Å². The number of ether oxygens (including phenoxy) is 1. The van der Waals surface area contributed by atoms with Crippen LogP contribution in [0.4, 0.5) is 11.4 Å². The number of benzene rings is 3. The van der Waals surface area contributed by atoms with Gasteiger partial charge in [0.25, 0.3) is 0 Å². The molecule has 3 aliphatic heterocycles. The first-order valence-corrected chi connectivity index (χ1v) is 12.2. The molecule has 4 atom stereocenters. The Morgan fingerprint density at radius 3 is 2.27 bits per heavy atom. The second kappa shape index (κ2) is 8.71. The molecule has 3 heterocycles. The highest BCUT2D eigenvalue weighted by Gasteiger charge is 2.64. The smallest absolute Gasteiger partial charge is 0.308 e. The van der Waals surface area contributed by atoms with E-state index in [0.29, 0.717) is 22.0 Å². The van der Waals surface area contributed by atoms with Gasteiger partial charge in [-0.05, 0) is 30.3 Å². The van der Waals surface area contributed by atoms with E-state index in [2.05, 4.69) is 0 Å². The molecule has 0 saturated carbocycles. The summed E-state index contributed by atoms with van der Waals surface area (Å²) in [5, 5.41) is 0.483. The lowest BCUT2D eigenvalue weighted by molar-refractivity contribution is -0.132. The largest absolute Gasteiger partial charge is 0.424 e. The predicted molar refractivity (Wildman–Crippen MR) is 139 cm³/mol. The van der Waals surface area contributed by atoms with Gasteiger partial charge >= 0.3 is 5.97 Å². The molecule has 0 aromatic heterocycles. The molecule has 0 radical (unpaired) electrons. The maximum Gasteiger partial charge on any atom is 0.308 e. The Labute approximate surface area is 217 Å². The number of hydrogen-bond acceptors (Lipinski definition) is 6. The van der Waals surface area contributed by atoms with E-state index in [0.717, 1.165) is 10.5 Å². The summed E-state index contributed by atoms with van der Waals surface area (Å²) in [6.45, 7) is 1.30. The van der Waals surface area contributed by atoms with Gasteiger partial charge in [-0.25, -0.2) is 4.90 Å². The van der Waals surface area contributed by atoms with Crippen LogP contribution in [-0.2, 0) is 14.4 Å². The Morgan fingerprint density at radius 2 is 1.57 bits per heavy atom. The van der Waals surface area contributed by atoms with Crippen molar-refractivity contribution in [3.63, 3.8) is 0 Å². The molecule has 0 unspecified atom stereocenters. The van der Waals surface area contributed by atoms with Gasteiger partial charge in [0, 0.05) is 23.1 Å². The highest BCUT2D eigenvalue weighted by Crippen LogP contribution is 2.52. The summed E-state index contributed by atoms with van der Waals surface area (Å²) in [5.41, 5.74) is 2.09. The average Bonchev–Trinajstić information content (AvgIpc) is 3.37. The van der Waals surface area contributed by atoms with Gasteiger partial charge in [0.2, 0.25) is 11.8 Å². The monoisotopic (exact) mass is 512 g/mol. The van der Waals surface area contributed by atoms with Crippen molar-refractivity contribution in [2.24, 2.45) is 11.8 Å². The summed E-state index contributed by atoms with van der Waals surface area (Å²) in [5.74, 6) is -3.06. The lowest BCUT2D eigenvalue weighted by Crippen LogP contribution is -2.49. The Hall–Kier alpha value is -4.23. The summed E-state index contributed by atoms with van der Waals surface area (Å²) in [7, 11) is 0. The molecule has 0 N–H and O–H groups in total. The Bertz CT molecular complexity index is 1480. The van der Waals surface area contributed by atoms with Crippen molar-refractivity contribution in [2.45, 2.75) is 19.0 Å². The summed E-state index contributed by atoms with van der Waals surface area (Å²) in [4.78, 5) is 56.7. The third-order valence-corrected chi connectivity index (χ3v) is 7.41. The maximum atomic E-state index is 14.1. The quantitative estimate of drug-likeness (QED) is 0.221. The fourth-order valence-corrected chi connectivity index (χ4v) is 5.86. The summed E-state index contributed by atoms with van der Waals surface area (Å²) in [6, 6.07) is 18.9. The zero-order chi connectivity index (χ0) is 25.8. The van der Waals surface area contributed by atoms with Crippen molar-refractivity contribution in [3.8, 4) is 5.75 Å². The number of amides is 2. The van der Waals surface area contributed by atoms with Crippen molar-refractivity contribution in [2.75, 3.05) is 9.80 Å². The number of halogens is 1. The molecular weight excluding hydrogens is 492 g/mol. The molecule has 2 saturated heterocycles. The van der Waals surface area contributed by atoms with E-state index in [-0.39, 0.29) is 17.4 Å². The number of rotatable bonds is 4. The fraction of sp³-hybridized carbons (Fsp3) is 0.172. The van der Waals surface area contributed by atoms with Gasteiger partial charge in [-0.15, -0.1) is 0 Å². The minimum atomic E-state index is -0.980. The molecule has 2 fully saturated rings. The molecule has 7 nitrogen and oxygen atoms in total. The van der Waals surface area contributed by atoms with E-state index in [1.165, 1.54) is 6.92 Å². The highest BCUT2D eigenvalue weighted by atomic mass is 35.5. The van der Waals surface area contributed by atoms with Crippen LogP contribution in [0.5, 0.6) is 5.75 Å². The number of nitrogens with zero attached hydrogens (tertiary/aromatic N) is 2. The second-order valence-corrected chi connectivity index (χ2v) is 9.70. The Balaban J connectivity index is 1.52. The molecule has 3 aliphatic rings. The van der Waals surface area contributed by atoms with Crippen LogP contribution >= 0.6 is 11.6 Å². The molecule has 0 aliphatic carbocycles. The summed E-state index contributed by atoms with van der Waals surface area (Å²) in [6.07, 6.45) is 3.70. The van der Waals surface area contributed by atoms with E-state index in [1.807, 2.05) is 18.2 Å². The number of hydrogen-bond donors (Lipinski definition) is 0. The number of ketones is 1. The number of Topliss-reactive ketones (excluding diaryl/α,β-unsaturated/α-hetero) is 1. The predicted octanol–water partition coefficient (Wildman–Crippen LogP) is 4.54. The molecule has 0 spiro atoms. The van der Waals surface area contributed by atoms with Crippen molar-refractivity contribution in [1.29, 1.82) is 0 Å². The normalized spacial score (nSPS) is 23.5. The van der Waals surface area contributed by atoms with E-state index in [1.54, 1.807) is 71.6 Å². The van der Waals surface area contributed by atoms with Crippen LogP contribution < -0.4 is 14.5 Å². The number of fused-ring (bicyclic) bond motifs is 5. The van der Waals surface area contributed by atoms with Gasteiger partial charge < -0.3 is 9.64 Å². The molecule has 3 aromatic carbocycles. The van der Waals surface area contributed by atoms with Crippen LogP contribution in [0.2, 0.25) is 5.02 Å². The van der Waals surface area contributed by atoms with Gasteiger partial charge in [0.05, 0.1) is 29.3 Å². The zero-order valence-electron chi connectivity index (χ0n) is 19.7. The number of carbonyl (C=O) groups is 4. The highest BCUT2D eigenvalue weighted by molar-refractivity contribution is 6.31. The molecule has 184 valence electrons. The fourth-order valence-electron chi connectivity index (χ4n) is 5.73. The van der Waals surface area contributed by atoms with E-state index in [4.69, 9.17) is 16.3 Å². The molecular formula is C29H21ClN2O5. The first kappa shape index (κ1) is 23.2. The van der Waals surface area contributed by atoms with Crippen LogP contribution in [0, 0.1) is 11.8 Å². The van der Waals surface area contributed by atoms with Crippen LogP contribution in [0.1, 0.15) is 22.8 Å². The number of carbonyl (C=O) groups excluding carboxylic acids is 4. The second-order valence-electron chi connectivity index (χ2n) is 9.26. The number of esters is 1. The number of anilines is 2. The first-order chi connectivity index (χ1) is 17.9. The van der Waals surface area contributed by atoms with Crippen LogP contribution in [0.15, 0.2) is 78.9 Å². The van der Waals surface area contributed by atoms with Gasteiger partial charge in [-0.1, -0.05) is 66.2 Å². The topological polar surface area (TPSA) is 84.0 Å². The van der Waals surface area contributed by atoms with Crippen LogP contribution in [0.3, 0.4) is 0 Å².